The van der Waals surface area contributed by atoms with Crippen molar-refractivity contribution in [1.29, 1.82) is 0 Å². The van der Waals surface area contributed by atoms with E-state index in [-0.39, 0.29) is 0 Å². The molecule has 0 aliphatic carbocycles. The molecule has 0 atom stereocenters. The van der Waals surface area contributed by atoms with Gasteiger partial charge in [0.1, 0.15) is 11.0 Å². The van der Waals surface area contributed by atoms with Gasteiger partial charge in [-0.05, 0) is 48.1 Å². The Bertz CT molecular complexity index is 572. The highest BCUT2D eigenvalue weighted by Crippen LogP contribution is 2.24. The molecule has 1 heterocycles. The number of thioether (sulfide) groups is 1. The molecule has 0 radical (unpaired) electrons. The summed E-state index contributed by atoms with van der Waals surface area (Å²) in [5.41, 5.74) is 2.30. The van der Waals surface area contributed by atoms with Crippen LogP contribution in [-0.4, -0.2) is 9.97 Å². The van der Waals surface area contributed by atoms with E-state index in [1.54, 1.807) is 11.8 Å². The molecule has 2 rings (SSSR count). The van der Waals surface area contributed by atoms with Crippen LogP contribution in [-0.2, 0) is 12.2 Å². The molecule has 19 heavy (non-hydrogen) atoms. The summed E-state index contributed by atoms with van der Waals surface area (Å²) >= 11 is 10.1. The average Bonchev–Trinajstić information content (AvgIpc) is 2.41. The van der Waals surface area contributed by atoms with Crippen molar-refractivity contribution in [2.24, 2.45) is 0 Å². The molecule has 0 aliphatic heterocycles. The summed E-state index contributed by atoms with van der Waals surface area (Å²) in [6.45, 7) is 4.17. The molecule has 0 N–H and O–H groups in total. The number of aryl methyl sites for hydroxylation is 2. The van der Waals surface area contributed by atoms with Crippen molar-refractivity contribution >= 4 is 46.0 Å². The molecule has 0 unspecified atom stereocenters. The van der Waals surface area contributed by atoms with Crippen molar-refractivity contribution in [3.8, 4) is 0 Å². The van der Waals surface area contributed by atoms with Gasteiger partial charge in [-0.1, -0.05) is 36.2 Å². The highest BCUT2D eigenvalue weighted by molar-refractivity contribution is 14.1. The molecule has 100 valence electrons. The number of rotatable bonds is 4. The molecule has 1 aromatic carbocycles. The fraction of sp³-hybridized carbons (Fsp3) is 0.286. The van der Waals surface area contributed by atoms with Crippen LogP contribution in [0.4, 0.5) is 0 Å². The van der Waals surface area contributed by atoms with Gasteiger partial charge < -0.3 is 0 Å². The van der Waals surface area contributed by atoms with E-state index in [0.29, 0.717) is 5.15 Å². The van der Waals surface area contributed by atoms with Gasteiger partial charge in [-0.3, -0.25) is 0 Å². The maximum Gasteiger partial charge on any atom is 0.146 e. The quantitative estimate of drug-likeness (QED) is 0.412. The Hall–Kier alpha value is -0.330. The Balaban J connectivity index is 2.11. The van der Waals surface area contributed by atoms with Crippen molar-refractivity contribution in [2.75, 3.05) is 0 Å². The summed E-state index contributed by atoms with van der Waals surface area (Å²) in [5, 5.41) is 0.562. The average molecular weight is 405 g/mol. The molecular formula is C14H14ClIN2S. The smallest absolute Gasteiger partial charge is 0.146 e. The molecule has 2 aromatic rings. The lowest BCUT2D eigenvalue weighted by atomic mass is 10.2. The first-order chi connectivity index (χ1) is 9.10. The second-order valence-electron chi connectivity index (χ2n) is 4.15. The number of aromatic nitrogens is 2. The first kappa shape index (κ1) is 15.1. The van der Waals surface area contributed by atoms with Crippen molar-refractivity contribution in [2.45, 2.75) is 30.9 Å². The van der Waals surface area contributed by atoms with Crippen LogP contribution in [0.2, 0.25) is 5.15 Å². The maximum atomic E-state index is 6.13. The summed E-state index contributed by atoms with van der Waals surface area (Å²) in [6.07, 6.45) is 0.878. The third kappa shape index (κ3) is 4.07. The molecule has 0 saturated heterocycles. The minimum Gasteiger partial charge on any atom is -0.236 e. The number of hydrogen-bond donors (Lipinski definition) is 0. The van der Waals surface area contributed by atoms with Crippen LogP contribution in [0.3, 0.4) is 0 Å². The minimum absolute atomic E-state index is 0.562. The third-order valence-corrected chi connectivity index (χ3v) is 5.38. The largest absolute Gasteiger partial charge is 0.236 e. The number of nitrogens with zero attached hydrogens (tertiary/aromatic N) is 2. The van der Waals surface area contributed by atoms with Gasteiger partial charge in [0.05, 0.1) is 15.0 Å². The lowest BCUT2D eigenvalue weighted by Gasteiger charge is -2.06. The number of halogens is 2. The molecule has 2 nitrogen and oxygen atoms in total. The highest BCUT2D eigenvalue weighted by atomic mass is 127. The van der Waals surface area contributed by atoms with E-state index in [1.165, 1.54) is 10.5 Å². The molecule has 0 saturated carbocycles. The Morgan fingerprint density at radius 3 is 2.53 bits per heavy atom. The van der Waals surface area contributed by atoms with E-state index in [1.807, 2.05) is 0 Å². The van der Waals surface area contributed by atoms with Gasteiger partial charge in [-0.15, -0.1) is 11.8 Å². The predicted octanol–water partition coefficient (Wildman–Crippen LogP) is 4.90. The van der Waals surface area contributed by atoms with E-state index in [2.05, 4.69) is 70.7 Å². The Kier molecular flexibility index (Phi) is 5.47. The lowest BCUT2D eigenvalue weighted by molar-refractivity contribution is 0.927. The van der Waals surface area contributed by atoms with Gasteiger partial charge in [-0.2, -0.15) is 0 Å². The van der Waals surface area contributed by atoms with E-state index >= 15 is 0 Å². The molecule has 1 aromatic heterocycles. The minimum atomic E-state index is 0.562. The SMILES string of the molecule is CCc1nc(CSc2ccc(C)cc2)nc(Cl)c1I. The summed E-state index contributed by atoms with van der Waals surface area (Å²) in [7, 11) is 0. The fourth-order valence-electron chi connectivity index (χ4n) is 1.59. The summed E-state index contributed by atoms with van der Waals surface area (Å²) in [5.74, 6) is 1.54. The first-order valence-electron chi connectivity index (χ1n) is 6.00. The summed E-state index contributed by atoms with van der Waals surface area (Å²) in [4.78, 5) is 10.1. The van der Waals surface area contributed by atoms with Crippen LogP contribution in [0, 0.1) is 10.5 Å². The standard InChI is InChI=1S/C14H14ClIN2S/c1-3-11-13(16)14(15)18-12(17-11)8-19-10-6-4-9(2)5-7-10/h4-7H,3,8H2,1-2H3. The van der Waals surface area contributed by atoms with Gasteiger partial charge in [0.2, 0.25) is 0 Å². The van der Waals surface area contributed by atoms with Gasteiger partial charge >= 0.3 is 0 Å². The van der Waals surface area contributed by atoms with E-state index in [4.69, 9.17) is 11.6 Å². The zero-order chi connectivity index (χ0) is 13.8. The molecule has 0 bridgehead atoms. The van der Waals surface area contributed by atoms with E-state index in [9.17, 15) is 0 Å². The van der Waals surface area contributed by atoms with Crippen molar-refractivity contribution in [3.05, 3.63) is 50.1 Å². The van der Waals surface area contributed by atoms with E-state index < -0.39 is 0 Å². The Morgan fingerprint density at radius 2 is 1.89 bits per heavy atom. The Labute approximate surface area is 136 Å². The second kappa shape index (κ2) is 6.90. The summed E-state index contributed by atoms with van der Waals surface area (Å²) in [6, 6.07) is 8.47. The van der Waals surface area contributed by atoms with Gasteiger partial charge in [0, 0.05) is 4.90 Å². The summed E-state index contributed by atoms with van der Waals surface area (Å²) < 4.78 is 0.964. The number of benzene rings is 1. The highest BCUT2D eigenvalue weighted by Gasteiger charge is 2.09. The monoisotopic (exact) mass is 404 g/mol. The van der Waals surface area contributed by atoms with Crippen molar-refractivity contribution < 1.29 is 0 Å². The topological polar surface area (TPSA) is 25.8 Å². The zero-order valence-electron chi connectivity index (χ0n) is 10.8. The van der Waals surface area contributed by atoms with Crippen molar-refractivity contribution in [3.63, 3.8) is 0 Å². The zero-order valence-corrected chi connectivity index (χ0v) is 14.5. The molecule has 0 spiro atoms. The van der Waals surface area contributed by atoms with Gasteiger partial charge in [0.15, 0.2) is 0 Å². The fourth-order valence-corrected chi connectivity index (χ4v) is 3.18. The van der Waals surface area contributed by atoms with Crippen LogP contribution < -0.4 is 0 Å². The molecule has 0 fully saturated rings. The number of hydrogen-bond acceptors (Lipinski definition) is 3. The lowest BCUT2D eigenvalue weighted by Crippen LogP contribution is -2.01. The molecule has 5 heteroatoms. The maximum absolute atomic E-state index is 6.13. The second-order valence-corrected chi connectivity index (χ2v) is 6.63. The molecule has 0 amide bonds. The Morgan fingerprint density at radius 1 is 1.21 bits per heavy atom. The molecule has 0 aliphatic rings. The van der Waals surface area contributed by atoms with Crippen LogP contribution in [0.15, 0.2) is 29.2 Å². The van der Waals surface area contributed by atoms with E-state index in [0.717, 1.165) is 27.3 Å². The normalized spacial score (nSPS) is 10.7. The first-order valence-corrected chi connectivity index (χ1v) is 8.44. The van der Waals surface area contributed by atoms with Crippen molar-refractivity contribution in [1.82, 2.24) is 9.97 Å². The van der Waals surface area contributed by atoms with Crippen LogP contribution >= 0.6 is 46.0 Å². The van der Waals surface area contributed by atoms with Gasteiger partial charge in [-0.25, -0.2) is 9.97 Å². The van der Waals surface area contributed by atoms with Crippen LogP contribution in [0.25, 0.3) is 0 Å². The predicted molar refractivity (Wildman–Crippen MR) is 89.9 cm³/mol. The van der Waals surface area contributed by atoms with Crippen LogP contribution in [0.5, 0.6) is 0 Å². The third-order valence-electron chi connectivity index (χ3n) is 2.65. The van der Waals surface area contributed by atoms with Gasteiger partial charge in [0.25, 0.3) is 0 Å². The van der Waals surface area contributed by atoms with Crippen LogP contribution in [0.1, 0.15) is 24.0 Å². The molecular weight excluding hydrogens is 391 g/mol.